The standard InChI is InChI=1S/C18H18N4/c1-11-5-7-21-15(9-11)13-3-4-14(18(20)17(13)19)16-10-12(2)6-8-22-16/h3-10H,19-20H2,1-2H3. The maximum Gasteiger partial charge on any atom is 0.0726 e. The van der Waals surface area contributed by atoms with Crippen molar-refractivity contribution in [3.05, 3.63) is 59.9 Å². The zero-order chi connectivity index (χ0) is 15.7. The number of hydrogen-bond donors (Lipinski definition) is 2. The highest BCUT2D eigenvalue weighted by atomic mass is 14.7. The van der Waals surface area contributed by atoms with Crippen molar-refractivity contribution in [2.24, 2.45) is 0 Å². The summed E-state index contributed by atoms with van der Waals surface area (Å²) in [4.78, 5) is 8.75. The molecule has 0 atom stereocenters. The second-order valence-corrected chi connectivity index (χ2v) is 5.42. The zero-order valence-corrected chi connectivity index (χ0v) is 12.7. The van der Waals surface area contributed by atoms with Crippen molar-refractivity contribution in [3.8, 4) is 22.5 Å². The first kappa shape index (κ1) is 14.1. The summed E-state index contributed by atoms with van der Waals surface area (Å²) < 4.78 is 0. The molecule has 0 radical (unpaired) electrons. The topological polar surface area (TPSA) is 77.8 Å². The van der Waals surface area contributed by atoms with Crippen LogP contribution >= 0.6 is 0 Å². The monoisotopic (exact) mass is 290 g/mol. The van der Waals surface area contributed by atoms with Crippen LogP contribution in [-0.4, -0.2) is 9.97 Å². The predicted molar refractivity (Wildman–Crippen MR) is 91.2 cm³/mol. The summed E-state index contributed by atoms with van der Waals surface area (Å²) in [7, 11) is 0. The van der Waals surface area contributed by atoms with Crippen molar-refractivity contribution in [1.82, 2.24) is 9.97 Å². The lowest BCUT2D eigenvalue weighted by Gasteiger charge is -2.13. The van der Waals surface area contributed by atoms with Gasteiger partial charge >= 0.3 is 0 Å². The quantitative estimate of drug-likeness (QED) is 0.707. The Bertz CT molecular complexity index is 770. The maximum absolute atomic E-state index is 6.25. The molecule has 0 fully saturated rings. The minimum atomic E-state index is 0.541. The van der Waals surface area contributed by atoms with Crippen LogP contribution in [-0.2, 0) is 0 Å². The molecule has 0 saturated carbocycles. The van der Waals surface area contributed by atoms with E-state index in [9.17, 15) is 0 Å². The van der Waals surface area contributed by atoms with Crippen LogP contribution in [0.1, 0.15) is 11.1 Å². The van der Waals surface area contributed by atoms with Crippen molar-refractivity contribution in [2.45, 2.75) is 13.8 Å². The molecular formula is C18H18N4. The normalized spacial score (nSPS) is 10.6. The van der Waals surface area contributed by atoms with Gasteiger partial charge in [0.1, 0.15) is 0 Å². The Morgan fingerprint density at radius 1 is 0.682 bits per heavy atom. The van der Waals surface area contributed by atoms with Gasteiger partial charge in [-0.1, -0.05) is 0 Å². The molecule has 0 aliphatic heterocycles. The average molecular weight is 290 g/mol. The molecule has 110 valence electrons. The maximum atomic E-state index is 6.25. The summed E-state index contributed by atoms with van der Waals surface area (Å²) >= 11 is 0. The van der Waals surface area contributed by atoms with E-state index in [0.29, 0.717) is 11.4 Å². The number of nitrogens with two attached hydrogens (primary N) is 2. The summed E-state index contributed by atoms with van der Waals surface area (Å²) in [5, 5.41) is 0. The van der Waals surface area contributed by atoms with E-state index in [4.69, 9.17) is 11.5 Å². The Kier molecular flexibility index (Phi) is 3.51. The Morgan fingerprint density at radius 2 is 1.09 bits per heavy atom. The van der Waals surface area contributed by atoms with Crippen LogP contribution in [0.2, 0.25) is 0 Å². The molecule has 0 aliphatic carbocycles. The number of pyridine rings is 2. The van der Waals surface area contributed by atoms with Crippen LogP contribution in [0.25, 0.3) is 22.5 Å². The molecule has 2 heterocycles. The number of hydrogen-bond acceptors (Lipinski definition) is 4. The Labute approximate surface area is 129 Å². The van der Waals surface area contributed by atoms with E-state index >= 15 is 0 Å². The van der Waals surface area contributed by atoms with E-state index in [1.165, 1.54) is 0 Å². The van der Waals surface area contributed by atoms with Crippen LogP contribution in [0, 0.1) is 13.8 Å². The average Bonchev–Trinajstić information content (AvgIpc) is 2.50. The van der Waals surface area contributed by atoms with E-state index in [-0.39, 0.29) is 0 Å². The van der Waals surface area contributed by atoms with E-state index < -0.39 is 0 Å². The predicted octanol–water partition coefficient (Wildman–Crippen LogP) is 3.59. The van der Waals surface area contributed by atoms with Gasteiger partial charge in [0, 0.05) is 23.5 Å². The van der Waals surface area contributed by atoms with E-state index in [2.05, 4.69) is 9.97 Å². The second-order valence-electron chi connectivity index (χ2n) is 5.42. The van der Waals surface area contributed by atoms with Gasteiger partial charge in [-0.2, -0.15) is 0 Å². The van der Waals surface area contributed by atoms with E-state index in [1.54, 1.807) is 12.4 Å². The van der Waals surface area contributed by atoms with Crippen LogP contribution in [0.3, 0.4) is 0 Å². The molecule has 22 heavy (non-hydrogen) atoms. The van der Waals surface area contributed by atoms with Crippen LogP contribution < -0.4 is 11.5 Å². The third-order valence-corrected chi connectivity index (χ3v) is 3.67. The van der Waals surface area contributed by atoms with Gasteiger partial charge in [0.2, 0.25) is 0 Å². The molecule has 0 aliphatic rings. The van der Waals surface area contributed by atoms with Crippen LogP contribution in [0.5, 0.6) is 0 Å². The zero-order valence-electron chi connectivity index (χ0n) is 12.7. The molecule has 4 nitrogen and oxygen atoms in total. The first-order valence-electron chi connectivity index (χ1n) is 7.10. The fourth-order valence-electron chi connectivity index (χ4n) is 2.45. The van der Waals surface area contributed by atoms with Gasteiger partial charge in [0.05, 0.1) is 22.8 Å². The highest BCUT2D eigenvalue weighted by Crippen LogP contribution is 2.36. The lowest BCUT2D eigenvalue weighted by Crippen LogP contribution is -2.01. The molecule has 4 N–H and O–H groups in total. The summed E-state index contributed by atoms with van der Waals surface area (Å²) in [5.74, 6) is 0. The fourth-order valence-corrected chi connectivity index (χ4v) is 2.45. The van der Waals surface area contributed by atoms with E-state index in [0.717, 1.165) is 33.6 Å². The molecular weight excluding hydrogens is 272 g/mol. The van der Waals surface area contributed by atoms with Gasteiger partial charge in [-0.15, -0.1) is 0 Å². The third-order valence-electron chi connectivity index (χ3n) is 3.67. The molecule has 0 spiro atoms. The molecule has 1 aromatic carbocycles. The number of benzene rings is 1. The van der Waals surface area contributed by atoms with Gasteiger partial charge in [-0.25, -0.2) is 0 Å². The summed E-state index contributed by atoms with van der Waals surface area (Å²) in [6.45, 7) is 4.05. The third kappa shape index (κ3) is 2.51. The minimum absolute atomic E-state index is 0.541. The van der Waals surface area contributed by atoms with Crippen LogP contribution in [0.15, 0.2) is 48.8 Å². The fraction of sp³-hybridized carbons (Fsp3) is 0.111. The summed E-state index contributed by atoms with van der Waals surface area (Å²) in [6, 6.07) is 11.8. The van der Waals surface area contributed by atoms with Crippen LogP contribution in [0.4, 0.5) is 11.4 Å². The number of nitrogen functional groups attached to an aromatic ring is 2. The molecule has 0 amide bonds. The van der Waals surface area contributed by atoms with Crippen molar-refractivity contribution < 1.29 is 0 Å². The summed E-state index contributed by atoms with van der Waals surface area (Å²) in [5.41, 5.74) is 19.2. The van der Waals surface area contributed by atoms with Gasteiger partial charge in [-0.3, -0.25) is 9.97 Å². The lowest BCUT2D eigenvalue weighted by molar-refractivity contribution is 1.28. The van der Waals surface area contributed by atoms with Crippen molar-refractivity contribution in [3.63, 3.8) is 0 Å². The molecule has 0 saturated heterocycles. The highest BCUT2D eigenvalue weighted by molar-refractivity contribution is 5.92. The van der Waals surface area contributed by atoms with E-state index in [1.807, 2.05) is 50.2 Å². The second kappa shape index (κ2) is 5.48. The largest absolute Gasteiger partial charge is 0.396 e. The Balaban J connectivity index is 2.13. The number of nitrogens with zero attached hydrogens (tertiary/aromatic N) is 2. The smallest absolute Gasteiger partial charge is 0.0726 e. The Morgan fingerprint density at radius 3 is 1.45 bits per heavy atom. The molecule has 3 aromatic rings. The van der Waals surface area contributed by atoms with Gasteiger partial charge in [-0.05, 0) is 61.4 Å². The minimum Gasteiger partial charge on any atom is -0.396 e. The first-order chi connectivity index (χ1) is 10.6. The molecule has 3 rings (SSSR count). The molecule has 2 aromatic heterocycles. The summed E-state index contributed by atoms with van der Waals surface area (Å²) in [6.07, 6.45) is 3.55. The SMILES string of the molecule is Cc1ccnc(-c2ccc(-c3cc(C)ccn3)c(N)c2N)c1. The van der Waals surface area contributed by atoms with Gasteiger partial charge in [0.15, 0.2) is 0 Å². The number of aromatic nitrogens is 2. The lowest BCUT2D eigenvalue weighted by atomic mass is 10.00. The Hall–Kier alpha value is -2.88. The molecule has 4 heteroatoms. The van der Waals surface area contributed by atoms with Crippen molar-refractivity contribution in [2.75, 3.05) is 11.5 Å². The molecule has 0 unspecified atom stereocenters. The van der Waals surface area contributed by atoms with Gasteiger partial charge in [0.25, 0.3) is 0 Å². The molecule has 0 bridgehead atoms. The highest BCUT2D eigenvalue weighted by Gasteiger charge is 2.13. The first-order valence-corrected chi connectivity index (χ1v) is 7.10. The number of rotatable bonds is 2. The van der Waals surface area contributed by atoms with Gasteiger partial charge < -0.3 is 11.5 Å². The van der Waals surface area contributed by atoms with Crippen molar-refractivity contribution >= 4 is 11.4 Å². The number of aryl methyl sites for hydroxylation is 2. The van der Waals surface area contributed by atoms with Crippen molar-refractivity contribution in [1.29, 1.82) is 0 Å². The number of anilines is 2.